The van der Waals surface area contributed by atoms with Crippen LogP contribution in [0.15, 0.2) is 65.4 Å². The third-order valence-corrected chi connectivity index (χ3v) is 6.48. The van der Waals surface area contributed by atoms with E-state index in [0.717, 1.165) is 72.0 Å². The standard InChI is InChI=1S/C26H25N3O3/c30-23-8-6-20-21(9-11-27-26(20)23)28-18-5-7-22-25(15-18)31-14-13-29(22)12-10-17-16-32-24-4-2-1-3-19(17)24/h1-5,7,9,11,15-16,23,30H,6,8,10,12-14H2,(H,27,28)/t23-/m0/s1. The van der Waals surface area contributed by atoms with E-state index in [4.69, 9.17) is 9.15 Å². The van der Waals surface area contributed by atoms with Crippen LogP contribution in [0.25, 0.3) is 11.0 Å². The summed E-state index contributed by atoms with van der Waals surface area (Å²) in [6, 6.07) is 16.4. The van der Waals surface area contributed by atoms with Crippen LogP contribution in [0.4, 0.5) is 17.1 Å². The topological polar surface area (TPSA) is 70.8 Å². The van der Waals surface area contributed by atoms with E-state index < -0.39 is 6.10 Å². The number of nitrogens with zero attached hydrogens (tertiary/aromatic N) is 2. The average molecular weight is 428 g/mol. The molecule has 2 aromatic heterocycles. The first-order chi connectivity index (χ1) is 15.8. The van der Waals surface area contributed by atoms with E-state index in [2.05, 4.69) is 45.5 Å². The van der Waals surface area contributed by atoms with Crippen molar-refractivity contribution >= 4 is 28.0 Å². The highest BCUT2D eigenvalue weighted by molar-refractivity contribution is 5.81. The number of benzene rings is 2. The van der Waals surface area contributed by atoms with Crippen LogP contribution in [0.2, 0.25) is 0 Å². The van der Waals surface area contributed by atoms with E-state index in [1.54, 1.807) is 6.20 Å². The summed E-state index contributed by atoms with van der Waals surface area (Å²) < 4.78 is 11.7. The molecular formula is C26H25N3O3. The molecule has 0 fully saturated rings. The highest BCUT2D eigenvalue weighted by Crippen LogP contribution is 2.38. The summed E-state index contributed by atoms with van der Waals surface area (Å²) in [7, 11) is 0. The van der Waals surface area contributed by atoms with Gasteiger partial charge in [-0.05, 0) is 54.7 Å². The van der Waals surface area contributed by atoms with Gasteiger partial charge in [-0.25, -0.2) is 0 Å². The Labute approximate surface area is 186 Å². The van der Waals surface area contributed by atoms with Crippen molar-refractivity contribution in [3.8, 4) is 5.75 Å². The molecule has 0 spiro atoms. The Hall–Kier alpha value is -3.51. The molecule has 0 unspecified atom stereocenters. The minimum Gasteiger partial charge on any atom is -0.489 e. The van der Waals surface area contributed by atoms with Gasteiger partial charge in [-0.2, -0.15) is 0 Å². The highest BCUT2D eigenvalue weighted by atomic mass is 16.5. The number of aliphatic hydroxyl groups is 1. The number of furan rings is 1. The van der Waals surface area contributed by atoms with Crippen LogP contribution in [0.1, 0.15) is 29.3 Å². The van der Waals surface area contributed by atoms with Gasteiger partial charge in [0.2, 0.25) is 0 Å². The Balaban J connectivity index is 1.21. The van der Waals surface area contributed by atoms with Gasteiger partial charge in [-0.15, -0.1) is 0 Å². The first-order valence-corrected chi connectivity index (χ1v) is 11.2. The number of ether oxygens (including phenoxy) is 1. The van der Waals surface area contributed by atoms with Gasteiger partial charge in [0.05, 0.1) is 30.3 Å². The number of para-hydroxylation sites is 1. The maximum absolute atomic E-state index is 10.1. The molecule has 6 nitrogen and oxygen atoms in total. The fraction of sp³-hybridized carbons (Fsp3) is 0.269. The van der Waals surface area contributed by atoms with Crippen LogP contribution in [0.3, 0.4) is 0 Å². The fourth-order valence-electron chi connectivity index (χ4n) is 4.82. The number of fused-ring (bicyclic) bond motifs is 3. The van der Waals surface area contributed by atoms with E-state index in [-0.39, 0.29) is 0 Å². The number of nitrogens with one attached hydrogen (secondary N) is 1. The number of aromatic nitrogens is 1. The lowest BCUT2D eigenvalue weighted by molar-refractivity contribution is 0.176. The van der Waals surface area contributed by atoms with Crippen LogP contribution in [-0.4, -0.2) is 29.8 Å². The molecule has 1 aliphatic heterocycles. The summed E-state index contributed by atoms with van der Waals surface area (Å²) in [6.07, 6.45) is 5.66. The Morgan fingerprint density at radius 1 is 1.16 bits per heavy atom. The van der Waals surface area contributed by atoms with Crippen molar-refractivity contribution in [2.45, 2.75) is 25.4 Å². The van der Waals surface area contributed by atoms with Crippen molar-refractivity contribution in [3.63, 3.8) is 0 Å². The Morgan fingerprint density at radius 3 is 3.06 bits per heavy atom. The largest absolute Gasteiger partial charge is 0.489 e. The summed E-state index contributed by atoms with van der Waals surface area (Å²) in [5.41, 5.74) is 7.17. The molecule has 0 saturated heterocycles. The first-order valence-electron chi connectivity index (χ1n) is 11.2. The maximum Gasteiger partial charge on any atom is 0.144 e. The number of aliphatic hydroxyl groups excluding tert-OH is 1. The third kappa shape index (κ3) is 3.37. The zero-order valence-corrected chi connectivity index (χ0v) is 17.8. The number of hydrogen-bond donors (Lipinski definition) is 2. The molecule has 2 N–H and O–H groups in total. The average Bonchev–Trinajstić information content (AvgIpc) is 3.42. The van der Waals surface area contributed by atoms with Crippen LogP contribution in [0.5, 0.6) is 5.75 Å². The molecule has 32 heavy (non-hydrogen) atoms. The van der Waals surface area contributed by atoms with E-state index in [0.29, 0.717) is 6.61 Å². The first kappa shape index (κ1) is 19.2. The van der Waals surface area contributed by atoms with Crippen molar-refractivity contribution in [1.82, 2.24) is 4.98 Å². The Bertz CT molecular complexity index is 1280. The molecule has 3 heterocycles. The van der Waals surface area contributed by atoms with Crippen molar-refractivity contribution in [2.75, 3.05) is 29.9 Å². The van der Waals surface area contributed by atoms with Gasteiger partial charge in [-0.1, -0.05) is 18.2 Å². The molecular weight excluding hydrogens is 402 g/mol. The van der Waals surface area contributed by atoms with E-state index in [9.17, 15) is 5.11 Å². The van der Waals surface area contributed by atoms with Crippen molar-refractivity contribution in [3.05, 3.63) is 77.8 Å². The van der Waals surface area contributed by atoms with Gasteiger partial charge in [0.25, 0.3) is 0 Å². The van der Waals surface area contributed by atoms with Crippen LogP contribution in [-0.2, 0) is 12.8 Å². The molecule has 0 bridgehead atoms. The molecule has 1 aliphatic carbocycles. The smallest absolute Gasteiger partial charge is 0.144 e. The number of hydrogen-bond acceptors (Lipinski definition) is 6. The van der Waals surface area contributed by atoms with Crippen molar-refractivity contribution in [1.29, 1.82) is 0 Å². The van der Waals surface area contributed by atoms with Crippen LogP contribution in [0, 0.1) is 0 Å². The van der Waals surface area contributed by atoms with Gasteiger partial charge in [0.1, 0.15) is 17.9 Å². The Morgan fingerprint density at radius 2 is 2.09 bits per heavy atom. The zero-order valence-electron chi connectivity index (χ0n) is 17.8. The molecule has 2 aromatic carbocycles. The maximum atomic E-state index is 10.1. The predicted molar refractivity (Wildman–Crippen MR) is 125 cm³/mol. The normalized spacial score (nSPS) is 17.2. The van der Waals surface area contributed by atoms with E-state index in [1.807, 2.05) is 24.5 Å². The molecule has 1 atom stereocenters. The minimum absolute atomic E-state index is 0.459. The van der Waals surface area contributed by atoms with Gasteiger partial charge < -0.3 is 24.5 Å². The quantitative estimate of drug-likeness (QED) is 0.467. The number of anilines is 3. The zero-order chi connectivity index (χ0) is 21.5. The second kappa shape index (κ2) is 7.88. The van der Waals surface area contributed by atoms with Gasteiger partial charge >= 0.3 is 0 Å². The van der Waals surface area contributed by atoms with Crippen LogP contribution < -0.4 is 15.0 Å². The summed E-state index contributed by atoms with van der Waals surface area (Å²) in [5.74, 6) is 0.893. The highest BCUT2D eigenvalue weighted by Gasteiger charge is 2.25. The second-order valence-corrected chi connectivity index (χ2v) is 8.43. The second-order valence-electron chi connectivity index (χ2n) is 8.43. The molecule has 162 valence electrons. The lowest BCUT2D eigenvalue weighted by Gasteiger charge is -2.31. The lowest BCUT2D eigenvalue weighted by atomic mass is 10.1. The monoisotopic (exact) mass is 427 g/mol. The summed E-state index contributed by atoms with van der Waals surface area (Å²) in [4.78, 5) is 6.73. The molecule has 0 amide bonds. The lowest BCUT2D eigenvalue weighted by Crippen LogP contribution is -2.34. The summed E-state index contributed by atoms with van der Waals surface area (Å²) >= 11 is 0. The molecule has 6 heteroatoms. The molecule has 0 radical (unpaired) electrons. The summed E-state index contributed by atoms with van der Waals surface area (Å²) in [5, 5.41) is 14.8. The fourth-order valence-corrected chi connectivity index (χ4v) is 4.82. The van der Waals surface area contributed by atoms with Crippen molar-refractivity contribution < 1.29 is 14.3 Å². The summed E-state index contributed by atoms with van der Waals surface area (Å²) in [6.45, 7) is 2.44. The predicted octanol–water partition coefficient (Wildman–Crippen LogP) is 4.99. The van der Waals surface area contributed by atoms with Gasteiger partial charge in [-0.3, -0.25) is 4.98 Å². The minimum atomic E-state index is -0.459. The molecule has 0 saturated carbocycles. The third-order valence-electron chi connectivity index (χ3n) is 6.48. The van der Waals surface area contributed by atoms with Crippen LogP contribution >= 0.6 is 0 Å². The number of rotatable bonds is 5. The van der Waals surface area contributed by atoms with E-state index in [1.165, 1.54) is 10.9 Å². The van der Waals surface area contributed by atoms with Gasteiger partial charge in [0, 0.05) is 35.6 Å². The molecule has 4 aromatic rings. The molecule has 2 aliphatic rings. The van der Waals surface area contributed by atoms with Gasteiger partial charge in [0.15, 0.2) is 0 Å². The van der Waals surface area contributed by atoms with Crippen molar-refractivity contribution in [2.24, 2.45) is 0 Å². The number of pyridine rings is 1. The SMILES string of the molecule is O[C@H]1CCc2c(Nc3ccc4c(c3)OCCN4CCc3coc4ccccc34)ccnc21. The Kier molecular flexibility index (Phi) is 4.72. The van der Waals surface area contributed by atoms with E-state index >= 15 is 0 Å². The molecule has 6 rings (SSSR count).